The predicted octanol–water partition coefficient (Wildman–Crippen LogP) is 3.27. The van der Waals surface area contributed by atoms with Gasteiger partial charge in [-0.3, -0.25) is 4.79 Å². The van der Waals surface area contributed by atoms with Crippen LogP contribution >= 0.6 is 0 Å². The summed E-state index contributed by atoms with van der Waals surface area (Å²) in [5.41, 5.74) is 1.67. The minimum absolute atomic E-state index is 0.0446. The molecule has 3 heteroatoms. The summed E-state index contributed by atoms with van der Waals surface area (Å²) in [5.74, 6) is 0.607. The maximum Gasteiger partial charge on any atom is 0.172 e. The van der Waals surface area contributed by atoms with E-state index >= 15 is 0 Å². The van der Waals surface area contributed by atoms with Crippen LogP contribution in [0, 0.1) is 11.8 Å². The zero-order chi connectivity index (χ0) is 14.6. The average Bonchev–Trinajstić information content (AvgIpc) is 2.38. The summed E-state index contributed by atoms with van der Waals surface area (Å²) in [6.07, 6.45) is 0. The van der Waals surface area contributed by atoms with E-state index in [9.17, 15) is 9.90 Å². The lowest BCUT2D eigenvalue weighted by atomic mass is 9.87. The standard InChI is InChI=1S/C16H24O3/c1-10(2)12-6-7-15(19-5)13(8-12)16(18)14(9-17)11(3)4/h6-8,10-11,14,17H,9H2,1-5H3. The van der Waals surface area contributed by atoms with Gasteiger partial charge in [0.05, 0.1) is 19.3 Å². The largest absolute Gasteiger partial charge is 0.496 e. The Morgan fingerprint density at radius 3 is 2.32 bits per heavy atom. The Morgan fingerprint density at radius 2 is 1.89 bits per heavy atom. The van der Waals surface area contributed by atoms with Crippen molar-refractivity contribution in [2.24, 2.45) is 11.8 Å². The highest BCUT2D eigenvalue weighted by molar-refractivity contribution is 6.00. The second-order valence-corrected chi connectivity index (χ2v) is 5.51. The molecule has 0 aliphatic rings. The summed E-state index contributed by atoms with van der Waals surface area (Å²) in [4.78, 5) is 12.5. The Hall–Kier alpha value is -1.35. The summed E-state index contributed by atoms with van der Waals surface area (Å²) in [6, 6.07) is 5.69. The molecule has 0 bridgehead atoms. The van der Waals surface area contributed by atoms with E-state index in [4.69, 9.17) is 4.74 Å². The number of ketones is 1. The fourth-order valence-corrected chi connectivity index (χ4v) is 2.07. The number of aliphatic hydroxyl groups excluding tert-OH is 1. The third-order valence-corrected chi connectivity index (χ3v) is 3.49. The molecule has 0 radical (unpaired) electrons. The average molecular weight is 264 g/mol. The van der Waals surface area contributed by atoms with Gasteiger partial charge in [-0.1, -0.05) is 33.8 Å². The fraction of sp³-hybridized carbons (Fsp3) is 0.562. The molecule has 1 aromatic carbocycles. The Bertz CT molecular complexity index is 436. The first kappa shape index (κ1) is 15.7. The van der Waals surface area contributed by atoms with Gasteiger partial charge in [0, 0.05) is 5.92 Å². The lowest BCUT2D eigenvalue weighted by Gasteiger charge is -2.19. The molecule has 0 amide bonds. The molecule has 0 aromatic heterocycles. The molecule has 1 aromatic rings. The number of methoxy groups -OCH3 is 1. The smallest absolute Gasteiger partial charge is 0.172 e. The number of Topliss-reactive ketones (excluding diaryl/α,β-unsaturated/α-hetero) is 1. The van der Waals surface area contributed by atoms with Crippen LogP contribution in [0.4, 0.5) is 0 Å². The maximum absolute atomic E-state index is 12.5. The van der Waals surface area contributed by atoms with E-state index in [2.05, 4.69) is 13.8 Å². The first-order chi connectivity index (χ1) is 8.92. The Balaban J connectivity index is 3.22. The van der Waals surface area contributed by atoms with E-state index in [1.54, 1.807) is 7.11 Å². The molecule has 0 saturated heterocycles. The molecule has 1 N–H and O–H groups in total. The second-order valence-electron chi connectivity index (χ2n) is 5.51. The van der Waals surface area contributed by atoms with Crippen LogP contribution in [-0.4, -0.2) is 24.6 Å². The third kappa shape index (κ3) is 3.57. The molecule has 1 unspecified atom stereocenters. The summed E-state index contributed by atoms with van der Waals surface area (Å²) in [7, 11) is 1.56. The third-order valence-electron chi connectivity index (χ3n) is 3.49. The van der Waals surface area contributed by atoms with Crippen molar-refractivity contribution in [2.45, 2.75) is 33.6 Å². The van der Waals surface area contributed by atoms with Gasteiger partial charge in [0.15, 0.2) is 5.78 Å². The van der Waals surface area contributed by atoms with E-state index in [0.717, 1.165) is 5.56 Å². The molecule has 1 rings (SSSR count). The van der Waals surface area contributed by atoms with Crippen LogP contribution in [0.5, 0.6) is 5.75 Å². The Kier molecular flexibility index (Phi) is 5.55. The van der Waals surface area contributed by atoms with Crippen LogP contribution in [0.2, 0.25) is 0 Å². The van der Waals surface area contributed by atoms with Gasteiger partial charge >= 0.3 is 0 Å². The molecule has 0 fully saturated rings. The van der Waals surface area contributed by atoms with Crippen LogP contribution in [0.15, 0.2) is 18.2 Å². The van der Waals surface area contributed by atoms with Crippen molar-refractivity contribution in [1.29, 1.82) is 0 Å². The molecule has 19 heavy (non-hydrogen) atoms. The SMILES string of the molecule is COc1ccc(C(C)C)cc1C(=O)C(CO)C(C)C. The highest BCUT2D eigenvalue weighted by Crippen LogP contribution is 2.28. The van der Waals surface area contributed by atoms with E-state index in [1.807, 2.05) is 32.0 Å². The van der Waals surface area contributed by atoms with Crippen molar-refractivity contribution in [3.05, 3.63) is 29.3 Å². The van der Waals surface area contributed by atoms with Gasteiger partial charge in [0.2, 0.25) is 0 Å². The number of aliphatic hydroxyl groups is 1. The van der Waals surface area contributed by atoms with Crippen molar-refractivity contribution in [3.8, 4) is 5.75 Å². The van der Waals surface area contributed by atoms with Crippen LogP contribution in [0.25, 0.3) is 0 Å². The molecule has 0 heterocycles. The number of carbonyl (C=O) groups excluding carboxylic acids is 1. The minimum atomic E-state index is -0.378. The number of hydrogen-bond acceptors (Lipinski definition) is 3. The monoisotopic (exact) mass is 264 g/mol. The second kappa shape index (κ2) is 6.71. The van der Waals surface area contributed by atoms with Gasteiger partial charge in [-0.2, -0.15) is 0 Å². The summed E-state index contributed by atoms with van der Waals surface area (Å²) in [6.45, 7) is 7.92. The normalized spacial score (nSPS) is 12.8. The maximum atomic E-state index is 12.5. The van der Waals surface area contributed by atoms with E-state index in [-0.39, 0.29) is 24.2 Å². The minimum Gasteiger partial charge on any atom is -0.496 e. The molecular formula is C16H24O3. The fourth-order valence-electron chi connectivity index (χ4n) is 2.07. The van der Waals surface area contributed by atoms with Crippen LogP contribution < -0.4 is 4.74 Å². The summed E-state index contributed by atoms with van der Waals surface area (Å²) < 4.78 is 5.27. The van der Waals surface area contributed by atoms with Crippen molar-refractivity contribution < 1.29 is 14.6 Å². The first-order valence-electron chi connectivity index (χ1n) is 6.75. The Morgan fingerprint density at radius 1 is 1.26 bits per heavy atom. The molecule has 0 aliphatic carbocycles. The van der Waals surface area contributed by atoms with Crippen molar-refractivity contribution in [2.75, 3.05) is 13.7 Å². The van der Waals surface area contributed by atoms with Crippen LogP contribution in [-0.2, 0) is 0 Å². The molecule has 0 spiro atoms. The van der Waals surface area contributed by atoms with Gasteiger partial charge in [-0.05, 0) is 29.5 Å². The van der Waals surface area contributed by atoms with Gasteiger partial charge in [-0.25, -0.2) is 0 Å². The van der Waals surface area contributed by atoms with E-state index in [0.29, 0.717) is 17.2 Å². The zero-order valence-electron chi connectivity index (χ0n) is 12.4. The van der Waals surface area contributed by atoms with Crippen molar-refractivity contribution in [3.63, 3.8) is 0 Å². The molecule has 3 nitrogen and oxygen atoms in total. The lowest BCUT2D eigenvalue weighted by Crippen LogP contribution is -2.24. The van der Waals surface area contributed by atoms with Crippen molar-refractivity contribution >= 4 is 5.78 Å². The van der Waals surface area contributed by atoms with E-state index < -0.39 is 0 Å². The predicted molar refractivity (Wildman–Crippen MR) is 76.8 cm³/mol. The number of ether oxygens (including phenoxy) is 1. The van der Waals surface area contributed by atoms with Gasteiger partial charge in [0.1, 0.15) is 5.75 Å². The lowest BCUT2D eigenvalue weighted by molar-refractivity contribution is 0.0803. The van der Waals surface area contributed by atoms with Gasteiger partial charge < -0.3 is 9.84 Å². The number of carbonyl (C=O) groups is 1. The molecule has 106 valence electrons. The Labute approximate surface area is 115 Å². The van der Waals surface area contributed by atoms with Crippen LogP contribution in [0.1, 0.15) is 49.5 Å². The van der Waals surface area contributed by atoms with E-state index in [1.165, 1.54) is 0 Å². The number of benzene rings is 1. The summed E-state index contributed by atoms with van der Waals surface area (Å²) >= 11 is 0. The van der Waals surface area contributed by atoms with Gasteiger partial charge in [0.25, 0.3) is 0 Å². The molecule has 1 atom stereocenters. The topological polar surface area (TPSA) is 46.5 Å². The zero-order valence-corrected chi connectivity index (χ0v) is 12.4. The first-order valence-corrected chi connectivity index (χ1v) is 6.75. The highest BCUT2D eigenvalue weighted by Gasteiger charge is 2.25. The number of hydrogen-bond donors (Lipinski definition) is 1. The van der Waals surface area contributed by atoms with Gasteiger partial charge in [-0.15, -0.1) is 0 Å². The van der Waals surface area contributed by atoms with Crippen molar-refractivity contribution in [1.82, 2.24) is 0 Å². The van der Waals surface area contributed by atoms with Crippen LogP contribution in [0.3, 0.4) is 0 Å². The molecular weight excluding hydrogens is 240 g/mol. The molecule has 0 aliphatic heterocycles. The highest BCUT2D eigenvalue weighted by atomic mass is 16.5. The molecule has 0 saturated carbocycles. The number of rotatable bonds is 6. The summed E-state index contributed by atoms with van der Waals surface area (Å²) in [5, 5.41) is 9.41. The quantitative estimate of drug-likeness (QED) is 0.802.